The molecule has 0 bridgehead atoms. The lowest BCUT2D eigenvalue weighted by atomic mass is 10.2. The van der Waals surface area contributed by atoms with E-state index in [0.717, 1.165) is 16.0 Å². The Bertz CT molecular complexity index is 524. The predicted molar refractivity (Wildman–Crippen MR) is 69.6 cm³/mol. The zero-order valence-corrected chi connectivity index (χ0v) is 11.2. The molecule has 17 heavy (non-hydrogen) atoms. The van der Waals surface area contributed by atoms with Crippen molar-refractivity contribution in [2.75, 3.05) is 5.32 Å². The molecule has 0 saturated carbocycles. The molecule has 0 fully saturated rings. The molecule has 2 nitrogen and oxygen atoms in total. The molecule has 1 unspecified atom stereocenters. The van der Waals surface area contributed by atoms with E-state index in [1.165, 1.54) is 6.07 Å². The Labute approximate surface area is 108 Å². The Kier molecular flexibility index (Phi) is 3.52. The van der Waals surface area contributed by atoms with E-state index in [-0.39, 0.29) is 11.9 Å². The summed E-state index contributed by atoms with van der Waals surface area (Å²) in [7, 11) is 0. The summed E-state index contributed by atoms with van der Waals surface area (Å²) in [6, 6.07) is 8.51. The molecule has 0 amide bonds. The molecule has 0 saturated heterocycles. The van der Waals surface area contributed by atoms with Crippen LogP contribution in [0, 0.1) is 12.7 Å². The van der Waals surface area contributed by atoms with Gasteiger partial charge >= 0.3 is 0 Å². The van der Waals surface area contributed by atoms with Crippen LogP contribution in [-0.4, -0.2) is 0 Å². The van der Waals surface area contributed by atoms with E-state index >= 15 is 0 Å². The summed E-state index contributed by atoms with van der Waals surface area (Å²) in [5.74, 6) is 1.37. The van der Waals surface area contributed by atoms with Gasteiger partial charge in [-0.1, -0.05) is 15.9 Å². The van der Waals surface area contributed by atoms with Crippen LogP contribution in [0.25, 0.3) is 0 Å². The van der Waals surface area contributed by atoms with Gasteiger partial charge in [0.05, 0.1) is 11.7 Å². The highest BCUT2D eigenvalue weighted by molar-refractivity contribution is 9.10. The minimum atomic E-state index is -0.275. The van der Waals surface area contributed by atoms with Crippen molar-refractivity contribution in [3.63, 3.8) is 0 Å². The molecule has 1 heterocycles. The van der Waals surface area contributed by atoms with Crippen molar-refractivity contribution >= 4 is 21.6 Å². The second-order valence-corrected chi connectivity index (χ2v) is 4.85. The van der Waals surface area contributed by atoms with Crippen LogP contribution in [0.15, 0.2) is 39.2 Å². The highest BCUT2D eigenvalue weighted by atomic mass is 79.9. The van der Waals surface area contributed by atoms with Gasteiger partial charge in [-0.25, -0.2) is 4.39 Å². The van der Waals surface area contributed by atoms with E-state index in [9.17, 15) is 4.39 Å². The van der Waals surface area contributed by atoms with Crippen LogP contribution in [0.2, 0.25) is 0 Å². The van der Waals surface area contributed by atoms with Gasteiger partial charge in [-0.3, -0.25) is 0 Å². The summed E-state index contributed by atoms with van der Waals surface area (Å²) in [5.41, 5.74) is 0.459. The fraction of sp³-hybridized carbons (Fsp3) is 0.231. The summed E-state index contributed by atoms with van der Waals surface area (Å²) in [4.78, 5) is 0. The van der Waals surface area contributed by atoms with Crippen molar-refractivity contribution in [1.82, 2.24) is 0 Å². The predicted octanol–water partition coefficient (Wildman–Crippen LogP) is 4.66. The number of anilines is 1. The molecule has 90 valence electrons. The fourth-order valence-electron chi connectivity index (χ4n) is 1.60. The minimum absolute atomic E-state index is 0.0764. The molecule has 1 aromatic carbocycles. The number of furan rings is 1. The molecule has 0 aliphatic heterocycles. The maximum absolute atomic E-state index is 13.5. The molecule has 0 aliphatic rings. The monoisotopic (exact) mass is 297 g/mol. The Morgan fingerprint density at radius 3 is 2.71 bits per heavy atom. The van der Waals surface area contributed by atoms with Crippen LogP contribution in [0.5, 0.6) is 0 Å². The van der Waals surface area contributed by atoms with E-state index in [1.807, 2.05) is 26.0 Å². The van der Waals surface area contributed by atoms with Gasteiger partial charge in [-0.2, -0.15) is 0 Å². The van der Waals surface area contributed by atoms with Crippen LogP contribution >= 0.6 is 15.9 Å². The van der Waals surface area contributed by atoms with Crippen LogP contribution < -0.4 is 5.32 Å². The van der Waals surface area contributed by atoms with Crippen molar-refractivity contribution in [2.45, 2.75) is 19.9 Å². The number of nitrogens with one attached hydrogen (secondary N) is 1. The molecule has 2 rings (SSSR count). The topological polar surface area (TPSA) is 25.2 Å². The molecule has 1 N–H and O–H groups in total. The molecule has 0 radical (unpaired) electrons. The SMILES string of the molecule is Cc1ccc(C(C)Nc2cc(Br)ccc2F)o1. The molecule has 1 aromatic heterocycles. The summed E-state index contributed by atoms with van der Waals surface area (Å²) in [5, 5.41) is 3.08. The smallest absolute Gasteiger partial charge is 0.146 e. The molecule has 2 aromatic rings. The lowest BCUT2D eigenvalue weighted by Gasteiger charge is -2.13. The highest BCUT2D eigenvalue weighted by Gasteiger charge is 2.11. The third-order valence-corrected chi connectivity index (χ3v) is 2.98. The molecule has 0 spiro atoms. The lowest BCUT2D eigenvalue weighted by Crippen LogP contribution is -2.07. The highest BCUT2D eigenvalue weighted by Crippen LogP contribution is 2.25. The van der Waals surface area contributed by atoms with E-state index in [1.54, 1.807) is 12.1 Å². The van der Waals surface area contributed by atoms with E-state index in [2.05, 4.69) is 21.2 Å². The van der Waals surface area contributed by atoms with Crippen molar-refractivity contribution < 1.29 is 8.81 Å². The van der Waals surface area contributed by atoms with E-state index < -0.39 is 0 Å². The second kappa shape index (κ2) is 4.92. The van der Waals surface area contributed by atoms with Gasteiger partial charge in [0.1, 0.15) is 17.3 Å². The van der Waals surface area contributed by atoms with Gasteiger partial charge in [0.25, 0.3) is 0 Å². The summed E-state index contributed by atoms with van der Waals surface area (Å²) < 4.78 is 19.9. The largest absolute Gasteiger partial charge is 0.464 e. The average molecular weight is 298 g/mol. The van der Waals surface area contributed by atoms with Crippen molar-refractivity contribution in [3.8, 4) is 0 Å². The minimum Gasteiger partial charge on any atom is -0.464 e. The quantitative estimate of drug-likeness (QED) is 0.891. The number of hydrogen-bond acceptors (Lipinski definition) is 2. The molecule has 0 aliphatic carbocycles. The van der Waals surface area contributed by atoms with Crippen molar-refractivity contribution in [3.05, 3.63) is 52.1 Å². The first-order valence-electron chi connectivity index (χ1n) is 5.34. The third-order valence-electron chi connectivity index (χ3n) is 2.49. The van der Waals surface area contributed by atoms with Crippen molar-refractivity contribution in [2.24, 2.45) is 0 Å². The first kappa shape index (κ1) is 12.2. The van der Waals surface area contributed by atoms with Gasteiger partial charge in [-0.05, 0) is 44.2 Å². The standard InChI is InChI=1S/C13H13BrFNO/c1-8-3-6-13(17-8)9(2)16-12-7-10(14)4-5-11(12)15/h3-7,9,16H,1-2H3. The van der Waals surface area contributed by atoms with Gasteiger partial charge < -0.3 is 9.73 Å². The zero-order chi connectivity index (χ0) is 12.4. The Morgan fingerprint density at radius 2 is 2.06 bits per heavy atom. The maximum Gasteiger partial charge on any atom is 0.146 e. The van der Waals surface area contributed by atoms with E-state index in [4.69, 9.17) is 4.42 Å². The zero-order valence-electron chi connectivity index (χ0n) is 9.63. The normalized spacial score (nSPS) is 12.5. The number of rotatable bonds is 3. The first-order chi connectivity index (χ1) is 8.06. The van der Waals surface area contributed by atoms with Gasteiger partial charge in [0.15, 0.2) is 0 Å². The summed E-state index contributed by atoms with van der Waals surface area (Å²) >= 11 is 3.32. The molecular formula is C13H13BrFNO. The maximum atomic E-state index is 13.5. The molecule has 4 heteroatoms. The number of hydrogen-bond donors (Lipinski definition) is 1. The Balaban J connectivity index is 2.18. The van der Waals surface area contributed by atoms with Gasteiger partial charge in [-0.15, -0.1) is 0 Å². The Morgan fingerprint density at radius 1 is 1.29 bits per heavy atom. The van der Waals surface area contributed by atoms with Crippen molar-refractivity contribution in [1.29, 1.82) is 0 Å². The van der Waals surface area contributed by atoms with Crippen LogP contribution in [0.1, 0.15) is 24.5 Å². The third kappa shape index (κ3) is 2.88. The summed E-state index contributed by atoms with van der Waals surface area (Å²) in [6.45, 7) is 3.81. The second-order valence-electron chi connectivity index (χ2n) is 3.94. The van der Waals surface area contributed by atoms with Crippen LogP contribution in [-0.2, 0) is 0 Å². The fourth-order valence-corrected chi connectivity index (χ4v) is 1.96. The van der Waals surface area contributed by atoms with E-state index in [0.29, 0.717) is 5.69 Å². The first-order valence-corrected chi connectivity index (χ1v) is 6.13. The molecule has 1 atom stereocenters. The van der Waals surface area contributed by atoms with Gasteiger partial charge in [0, 0.05) is 4.47 Å². The van der Waals surface area contributed by atoms with Crippen LogP contribution in [0.3, 0.4) is 0 Å². The molecular weight excluding hydrogens is 285 g/mol. The number of benzene rings is 1. The number of halogens is 2. The lowest BCUT2D eigenvalue weighted by molar-refractivity contribution is 0.466. The Hall–Kier alpha value is -1.29. The number of aryl methyl sites for hydroxylation is 1. The summed E-state index contributed by atoms with van der Waals surface area (Å²) in [6.07, 6.45) is 0. The average Bonchev–Trinajstić information content (AvgIpc) is 2.70. The van der Waals surface area contributed by atoms with Gasteiger partial charge in [0.2, 0.25) is 0 Å². The van der Waals surface area contributed by atoms with Crippen LogP contribution in [0.4, 0.5) is 10.1 Å².